The maximum Gasteiger partial charge on any atom is 0.338 e. The molecule has 0 bridgehead atoms. The van der Waals surface area contributed by atoms with Crippen LogP contribution in [0.1, 0.15) is 28.8 Å². The molecule has 1 aliphatic carbocycles. The van der Waals surface area contributed by atoms with Crippen molar-refractivity contribution in [2.45, 2.75) is 19.8 Å². The first-order chi connectivity index (χ1) is 10.1. The van der Waals surface area contributed by atoms with E-state index in [0.717, 1.165) is 6.61 Å². The van der Waals surface area contributed by atoms with Crippen LogP contribution in [0.15, 0.2) is 18.2 Å². The molecular formula is C15H20N2O4. The van der Waals surface area contributed by atoms with Gasteiger partial charge in [-0.2, -0.15) is 0 Å². The summed E-state index contributed by atoms with van der Waals surface area (Å²) in [7, 11) is 0. The average molecular weight is 292 g/mol. The zero-order valence-corrected chi connectivity index (χ0v) is 12.0. The molecule has 6 nitrogen and oxygen atoms in total. The number of carbonyl (C=O) groups is 2. The fraction of sp³-hybridized carbons (Fsp3) is 0.467. The van der Waals surface area contributed by atoms with E-state index in [1.807, 2.05) is 0 Å². The van der Waals surface area contributed by atoms with Crippen LogP contribution in [-0.4, -0.2) is 36.9 Å². The zero-order valence-electron chi connectivity index (χ0n) is 12.0. The summed E-state index contributed by atoms with van der Waals surface area (Å²) in [5, 5.41) is 14.4. The van der Waals surface area contributed by atoms with Crippen LogP contribution in [-0.2, 0) is 4.74 Å². The number of urea groups is 1. The van der Waals surface area contributed by atoms with Crippen molar-refractivity contribution in [1.29, 1.82) is 0 Å². The molecule has 1 saturated carbocycles. The molecule has 0 atom stereocenters. The number of hydrogen-bond acceptors (Lipinski definition) is 3. The first-order valence-electron chi connectivity index (χ1n) is 7.03. The number of aryl methyl sites for hydroxylation is 1. The Bertz CT molecular complexity index is 526. The molecule has 1 aromatic rings. The number of ether oxygens (including phenoxy) is 1. The highest BCUT2D eigenvalue weighted by Crippen LogP contribution is 2.28. The van der Waals surface area contributed by atoms with Crippen molar-refractivity contribution in [3.05, 3.63) is 29.3 Å². The van der Waals surface area contributed by atoms with Crippen molar-refractivity contribution in [3.8, 4) is 0 Å². The molecule has 2 rings (SSSR count). The van der Waals surface area contributed by atoms with Crippen LogP contribution in [0, 0.1) is 12.8 Å². The average Bonchev–Trinajstić information content (AvgIpc) is 3.22. The first kappa shape index (κ1) is 15.3. The van der Waals surface area contributed by atoms with E-state index in [1.165, 1.54) is 12.8 Å². The minimum Gasteiger partial charge on any atom is -0.478 e. The molecule has 0 spiro atoms. The summed E-state index contributed by atoms with van der Waals surface area (Å²) in [6.45, 7) is 3.30. The predicted molar refractivity (Wildman–Crippen MR) is 78.7 cm³/mol. The van der Waals surface area contributed by atoms with Gasteiger partial charge in [0.15, 0.2) is 0 Å². The molecule has 0 heterocycles. The van der Waals surface area contributed by atoms with Gasteiger partial charge in [-0.05, 0) is 37.3 Å². The summed E-state index contributed by atoms with van der Waals surface area (Å²) in [6.07, 6.45) is 2.47. The lowest BCUT2D eigenvalue weighted by atomic mass is 10.1. The van der Waals surface area contributed by atoms with Crippen molar-refractivity contribution in [2.24, 2.45) is 5.92 Å². The fourth-order valence-corrected chi connectivity index (χ4v) is 1.99. The molecule has 0 saturated heterocycles. The van der Waals surface area contributed by atoms with Crippen LogP contribution < -0.4 is 10.6 Å². The number of benzene rings is 1. The van der Waals surface area contributed by atoms with E-state index in [0.29, 0.717) is 30.3 Å². The number of carboxylic acids is 1. The Morgan fingerprint density at radius 2 is 2.14 bits per heavy atom. The lowest BCUT2D eigenvalue weighted by molar-refractivity contribution is 0.0697. The molecular weight excluding hydrogens is 272 g/mol. The van der Waals surface area contributed by atoms with Gasteiger partial charge < -0.3 is 20.5 Å². The number of hydrogen-bond donors (Lipinski definition) is 3. The third-order valence-corrected chi connectivity index (χ3v) is 3.32. The number of anilines is 1. The van der Waals surface area contributed by atoms with Crippen molar-refractivity contribution in [3.63, 3.8) is 0 Å². The number of nitrogens with one attached hydrogen (secondary N) is 2. The second-order valence-corrected chi connectivity index (χ2v) is 5.20. The highest BCUT2D eigenvalue weighted by atomic mass is 16.5. The van der Waals surface area contributed by atoms with Gasteiger partial charge in [-0.25, -0.2) is 9.59 Å². The maximum absolute atomic E-state index is 11.7. The lowest BCUT2D eigenvalue weighted by Gasteiger charge is -2.11. The molecule has 6 heteroatoms. The Morgan fingerprint density at radius 3 is 2.81 bits per heavy atom. The van der Waals surface area contributed by atoms with Gasteiger partial charge in [0.25, 0.3) is 0 Å². The molecule has 0 aromatic heterocycles. The quantitative estimate of drug-likeness (QED) is 0.673. The number of aromatic carboxylic acids is 1. The fourth-order valence-electron chi connectivity index (χ4n) is 1.99. The van der Waals surface area contributed by atoms with Gasteiger partial charge in [0, 0.05) is 13.2 Å². The second kappa shape index (κ2) is 7.08. The van der Waals surface area contributed by atoms with Gasteiger partial charge in [0.05, 0.1) is 17.9 Å². The Kier molecular flexibility index (Phi) is 5.16. The number of carboxylic acid groups (broad SMARTS) is 1. The molecule has 0 radical (unpaired) electrons. The smallest absolute Gasteiger partial charge is 0.338 e. The monoisotopic (exact) mass is 292 g/mol. The van der Waals surface area contributed by atoms with Crippen LogP contribution >= 0.6 is 0 Å². The molecule has 0 aliphatic heterocycles. The van der Waals surface area contributed by atoms with E-state index in [9.17, 15) is 14.7 Å². The first-order valence-corrected chi connectivity index (χ1v) is 7.03. The van der Waals surface area contributed by atoms with E-state index in [2.05, 4.69) is 10.6 Å². The van der Waals surface area contributed by atoms with E-state index >= 15 is 0 Å². The van der Waals surface area contributed by atoms with E-state index < -0.39 is 12.0 Å². The van der Waals surface area contributed by atoms with Gasteiger partial charge in [-0.1, -0.05) is 12.1 Å². The van der Waals surface area contributed by atoms with Crippen molar-refractivity contribution >= 4 is 17.7 Å². The van der Waals surface area contributed by atoms with E-state index in [1.54, 1.807) is 25.1 Å². The summed E-state index contributed by atoms with van der Waals surface area (Å²) in [5.74, 6) is -0.361. The van der Waals surface area contributed by atoms with Crippen LogP contribution in [0.2, 0.25) is 0 Å². The van der Waals surface area contributed by atoms with Crippen molar-refractivity contribution in [2.75, 3.05) is 25.1 Å². The molecule has 1 aliphatic rings. The number of carbonyl (C=O) groups excluding carboxylic acids is 1. The summed E-state index contributed by atoms with van der Waals surface area (Å²) in [6, 6.07) is 4.53. The second-order valence-electron chi connectivity index (χ2n) is 5.20. The molecule has 21 heavy (non-hydrogen) atoms. The molecule has 2 amide bonds. The number of amides is 2. The Morgan fingerprint density at radius 1 is 1.38 bits per heavy atom. The minimum absolute atomic E-state index is 0.109. The Balaban J connectivity index is 1.78. The standard InChI is InChI=1S/C15H20N2O4/c1-10-3-2-4-12(13(10)14(18)19)17-15(20)16-7-8-21-9-11-5-6-11/h2-4,11H,5-9H2,1H3,(H,18,19)(H2,16,17,20). The van der Waals surface area contributed by atoms with Crippen LogP contribution in [0.25, 0.3) is 0 Å². The zero-order chi connectivity index (χ0) is 15.2. The van der Waals surface area contributed by atoms with E-state index in [4.69, 9.17) is 4.74 Å². The molecule has 3 N–H and O–H groups in total. The third kappa shape index (κ3) is 4.75. The molecule has 1 fully saturated rings. The normalized spacial score (nSPS) is 13.8. The Labute approximate surface area is 123 Å². The third-order valence-electron chi connectivity index (χ3n) is 3.32. The lowest BCUT2D eigenvalue weighted by Crippen LogP contribution is -2.32. The topological polar surface area (TPSA) is 87.7 Å². The van der Waals surface area contributed by atoms with Gasteiger partial charge in [0.1, 0.15) is 0 Å². The summed E-state index contributed by atoms with van der Waals surface area (Å²) >= 11 is 0. The van der Waals surface area contributed by atoms with E-state index in [-0.39, 0.29) is 5.56 Å². The van der Waals surface area contributed by atoms with Gasteiger partial charge in [-0.15, -0.1) is 0 Å². The summed E-state index contributed by atoms with van der Waals surface area (Å²) in [4.78, 5) is 22.9. The SMILES string of the molecule is Cc1cccc(NC(=O)NCCOCC2CC2)c1C(=O)O. The van der Waals surface area contributed by atoms with Gasteiger partial charge in [-0.3, -0.25) is 0 Å². The number of rotatable bonds is 7. The van der Waals surface area contributed by atoms with Crippen LogP contribution in [0.5, 0.6) is 0 Å². The largest absolute Gasteiger partial charge is 0.478 e. The van der Waals surface area contributed by atoms with Crippen molar-refractivity contribution in [1.82, 2.24) is 5.32 Å². The van der Waals surface area contributed by atoms with Gasteiger partial charge in [0.2, 0.25) is 0 Å². The predicted octanol–water partition coefficient (Wildman–Crippen LogP) is 2.24. The Hall–Kier alpha value is -2.08. The maximum atomic E-state index is 11.7. The van der Waals surface area contributed by atoms with Crippen molar-refractivity contribution < 1.29 is 19.4 Å². The summed E-state index contributed by atoms with van der Waals surface area (Å²) in [5.41, 5.74) is 1.00. The highest BCUT2D eigenvalue weighted by Gasteiger charge is 2.21. The highest BCUT2D eigenvalue weighted by molar-refractivity contribution is 6.01. The molecule has 114 valence electrons. The molecule has 0 unspecified atom stereocenters. The minimum atomic E-state index is -1.06. The molecule has 1 aromatic carbocycles. The van der Waals surface area contributed by atoms with Crippen LogP contribution in [0.3, 0.4) is 0 Å². The summed E-state index contributed by atoms with van der Waals surface area (Å²) < 4.78 is 5.40. The van der Waals surface area contributed by atoms with Crippen LogP contribution in [0.4, 0.5) is 10.5 Å². The van der Waals surface area contributed by atoms with Gasteiger partial charge >= 0.3 is 12.0 Å².